The minimum absolute atomic E-state index is 0.0410. The lowest BCUT2D eigenvalue weighted by Crippen LogP contribution is -2.32. The molecule has 0 saturated carbocycles. The molecule has 0 bridgehead atoms. The summed E-state index contributed by atoms with van der Waals surface area (Å²) in [6.45, 7) is 6.53. The summed E-state index contributed by atoms with van der Waals surface area (Å²) < 4.78 is 1.66. The molecule has 1 heterocycles. The first-order chi connectivity index (χ1) is 7.95. The molecule has 0 saturated heterocycles. The number of aryl methyl sites for hydroxylation is 2. The van der Waals surface area contributed by atoms with Gasteiger partial charge >= 0.3 is 0 Å². The number of aromatic nitrogens is 2. The second-order valence-electron chi connectivity index (χ2n) is 4.49. The summed E-state index contributed by atoms with van der Waals surface area (Å²) in [6, 6.07) is 0. The van der Waals surface area contributed by atoms with Gasteiger partial charge in [-0.25, -0.2) is 0 Å². The molecule has 96 valence electrons. The largest absolute Gasteiger partial charge is 0.350 e. The summed E-state index contributed by atoms with van der Waals surface area (Å²) in [4.78, 5) is 11.9. The molecule has 1 rings (SSSR count). The van der Waals surface area contributed by atoms with E-state index in [4.69, 9.17) is 11.6 Å². The Morgan fingerprint density at radius 3 is 2.76 bits per heavy atom. The zero-order chi connectivity index (χ0) is 13.0. The Kier molecular flexibility index (Phi) is 5.00. The van der Waals surface area contributed by atoms with Gasteiger partial charge in [0.05, 0.1) is 16.6 Å². The first-order valence-electron chi connectivity index (χ1n) is 5.90. The minimum Gasteiger partial charge on any atom is -0.350 e. The molecular formula is C12H20ClN3O. The van der Waals surface area contributed by atoms with Crippen LogP contribution in [0.4, 0.5) is 0 Å². The molecule has 0 fully saturated rings. The summed E-state index contributed by atoms with van der Waals surface area (Å²) in [5.74, 6) is 0.248. The van der Waals surface area contributed by atoms with Gasteiger partial charge in [0.15, 0.2) is 0 Å². The number of hydrogen-bond acceptors (Lipinski definition) is 2. The lowest BCUT2D eigenvalue weighted by molar-refractivity contribution is 0.0951. The van der Waals surface area contributed by atoms with Gasteiger partial charge < -0.3 is 5.32 Å². The van der Waals surface area contributed by atoms with Crippen LogP contribution >= 0.6 is 11.6 Å². The van der Waals surface area contributed by atoms with Crippen molar-refractivity contribution in [2.75, 3.05) is 6.54 Å². The Morgan fingerprint density at radius 1 is 1.59 bits per heavy atom. The van der Waals surface area contributed by atoms with Gasteiger partial charge in [0, 0.05) is 19.8 Å². The highest BCUT2D eigenvalue weighted by molar-refractivity contribution is 6.21. The van der Waals surface area contributed by atoms with Gasteiger partial charge in [0.2, 0.25) is 0 Å². The molecule has 0 aliphatic carbocycles. The average molecular weight is 258 g/mol. The van der Waals surface area contributed by atoms with Gasteiger partial charge in [-0.3, -0.25) is 9.48 Å². The van der Waals surface area contributed by atoms with Gasteiger partial charge in [0.25, 0.3) is 5.91 Å². The van der Waals surface area contributed by atoms with Crippen molar-refractivity contribution < 1.29 is 4.79 Å². The van der Waals surface area contributed by atoms with Crippen LogP contribution < -0.4 is 5.32 Å². The topological polar surface area (TPSA) is 46.9 Å². The van der Waals surface area contributed by atoms with Crippen LogP contribution in [0.15, 0.2) is 6.20 Å². The van der Waals surface area contributed by atoms with Crippen molar-refractivity contribution in [2.24, 2.45) is 13.0 Å². The summed E-state index contributed by atoms with van der Waals surface area (Å²) in [6.07, 6.45) is 2.49. The van der Waals surface area contributed by atoms with E-state index < -0.39 is 0 Å². The average Bonchev–Trinajstić information content (AvgIpc) is 2.66. The monoisotopic (exact) mass is 257 g/mol. The third-order valence-electron chi connectivity index (χ3n) is 2.67. The maximum atomic E-state index is 11.9. The Bertz CT molecular complexity index is 387. The molecule has 1 N–H and O–H groups in total. The van der Waals surface area contributed by atoms with Gasteiger partial charge in [0.1, 0.15) is 0 Å². The van der Waals surface area contributed by atoms with Crippen molar-refractivity contribution in [1.29, 1.82) is 0 Å². The van der Waals surface area contributed by atoms with E-state index in [2.05, 4.69) is 10.4 Å². The van der Waals surface area contributed by atoms with Crippen molar-refractivity contribution in [2.45, 2.75) is 32.6 Å². The second-order valence-corrected chi connectivity index (χ2v) is 5.05. The van der Waals surface area contributed by atoms with Crippen molar-refractivity contribution in [1.82, 2.24) is 15.1 Å². The maximum absolute atomic E-state index is 11.9. The number of alkyl halides is 1. The number of halogens is 1. The summed E-state index contributed by atoms with van der Waals surface area (Å²) in [5.41, 5.74) is 1.46. The zero-order valence-corrected chi connectivity index (χ0v) is 11.6. The van der Waals surface area contributed by atoms with Crippen molar-refractivity contribution >= 4 is 17.5 Å². The van der Waals surface area contributed by atoms with Gasteiger partial charge in [-0.15, -0.1) is 11.6 Å². The molecular weight excluding hydrogens is 238 g/mol. The molecule has 1 amide bonds. The molecule has 1 aromatic rings. The molecule has 0 radical (unpaired) electrons. The number of nitrogens with one attached hydrogen (secondary N) is 1. The van der Waals surface area contributed by atoms with Gasteiger partial charge in [-0.2, -0.15) is 5.10 Å². The Labute approximate surface area is 107 Å². The van der Waals surface area contributed by atoms with E-state index in [1.54, 1.807) is 10.9 Å². The predicted octanol–water partition coefficient (Wildman–Crippen LogP) is 1.98. The van der Waals surface area contributed by atoms with Crippen LogP contribution in [-0.4, -0.2) is 27.6 Å². The van der Waals surface area contributed by atoms with Gasteiger partial charge in [-0.05, 0) is 12.3 Å². The zero-order valence-electron chi connectivity index (χ0n) is 10.8. The lowest BCUT2D eigenvalue weighted by Gasteiger charge is -2.13. The quantitative estimate of drug-likeness (QED) is 0.820. The molecule has 17 heavy (non-hydrogen) atoms. The highest BCUT2D eigenvalue weighted by Gasteiger charge is 2.16. The first kappa shape index (κ1) is 14.0. The Hall–Kier alpha value is -1.03. The molecule has 0 aliphatic rings. The van der Waals surface area contributed by atoms with E-state index in [-0.39, 0.29) is 11.3 Å². The number of amides is 1. The molecule has 0 spiro atoms. The molecule has 5 heteroatoms. The summed E-state index contributed by atoms with van der Waals surface area (Å²) >= 11 is 6.09. The smallest absolute Gasteiger partial charge is 0.254 e. The molecule has 1 aromatic heterocycles. The van der Waals surface area contributed by atoms with E-state index >= 15 is 0 Å². The highest BCUT2D eigenvalue weighted by atomic mass is 35.5. The predicted molar refractivity (Wildman–Crippen MR) is 69.4 cm³/mol. The number of carbonyl (C=O) groups excluding carboxylic acids is 1. The van der Waals surface area contributed by atoms with Crippen LogP contribution in [0, 0.1) is 5.92 Å². The van der Waals surface area contributed by atoms with Gasteiger partial charge in [-0.1, -0.05) is 20.8 Å². The third kappa shape index (κ3) is 3.73. The van der Waals surface area contributed by atoms with Crippen molar-refractivity contribution in [3.8, 4) is 0 Å². The number of carbonyl (C=O) groups is 1. The molecule has 1 atom stereocenters. The lowest BCUT2D eigenvalue weighted by atomic mass is 10.1. The van der Waals surface area contributed by atoms with Crippen molar-refractivity contribution in [3.63, 3.8) is 0 Å². The van der Waals surface area contributed by atoms with E-state index in [0.717, 1.165) is 12.1 Å². The first-order valence-corrected chi connectivity index (χ1v) is 6.34. The molecule has 0 aliphatic heterocycles. The fourth-order valence-corrected chi connectivity index (χ4v) is 1.58. The number of rotatable bonds is 5. The number of hydrogen-bond donors (Lipinski definition) is 1. The van der Waals surface area contributed by atoms with Crippen LogP contribution in [-0.2, 0) is 13.5 Å². The van der Waals surface area contributed by atoms with Crippen molar-refractivity contribution in [3.05, 3.63) is 17.5 Å². The molecule has 4 nitrogen and oxygen atoms in total. The number of nitrogens with zero attached hydrogens (tertiary/aromatic N) is 2. The van der Waals surface area contributed by atoms with Crippen LogP contribution in [0.1, 0.15) is 36.8 Å². The van der Waals surface area contributed by atoms with E-state index in [1.807, 2.05) is 27.8 Å². The second kappa shape index (κ2) is 6.05. The molecule has 1 unspecified atom stereocenters. The minimum atomic E-state index is -0.0961. The maximum Gasteiger partial charge on any atom is 0.254 e. The summed E-state index contributed by atoms with van der Waals surface area (Å²) in [7, 11) is 1.81. The van der Waals surface area contributed by atoms with Crippen LogP contribution in [0.25, 0.3) is 0 Å². The van der Waals surface area contributed by atoms with Crippen LogP contribution in [0.2, 0.25) is 0 Å². The van der Waals surface area contributed by atoms with Crippen LogP contribution in [0.5, 0.6) is 0 Å². The fraction of sp³-hybridized carbons (Fsp3) is 0.667. The van der Waals surface area contributed by atoms with E-state index in [0.29, 0.717) is 18.0 Å². The molecule has 0 aromatic carbocycles. The Balaban J connectivity index is 2.63. The SMILES string of the molecule is CCc1nn(C)cc1C(=O)NCC(Cl)C(C)C. The normalized spacial score (nSPS) is 12.8. The standard InChI is InChI=1S/C12H20ClN3O/c1-5-11-9(7-16(4)15-11)12(17)14-6-10(13)8(2)3/h7-8,10H,5-6H2,1-4H3,(H,14,17). The Morgan fingerprint density at radius 2 is 2.24 bits per heavy atom. The third-order valence-corrected chi connectivity index (χ3v) is 3.32. The van der Waals surface area contributed by atoms with E-state index in [9.17, 15) is 4.79 Å². The highest BCUT2D eigenvalue weighted by Crippen LogP contribution is 2.10. The fourth-order valence-electron chi connectivity index (χ4n) is 1.51. The van der Waals surface area contributed by atoms with E-state index in [1.165, 1.54) is 0 Å². The van der Waals surface area contributed by atoms with Crippen LogP contribution in [0.3, 0.4) is 0 Å². The summed E-state index contributed by atoms with van der Waals surface area (Å²) in [5, 5.41) is 7.04.